The summed E-state index contributed by atoms with van der Waals surface area (Å²) in [6, 6.07) is -0.186. The fourth-order valence-electron chi connectivity index (χ4n) is 3.48. The lowest BCUT2D eigenvalue weighted by molar-refractivity contribution is -0.0562. The van der Waals surface area contributed by atoms with Gasteiger partial charge in [-0.25, -0.2) is 9.97 Å². The molecule has 1 aromatic rings. The van der Waals surface area contributed by atoms with Gasteiger partial charge in [0.1, 0.15) is 5.69 Å². The molecule has 0 bridgehead atoms. The molecule has 2 heterocycles. The lowest BCUT2D eigenvalue weighted by Crippen LogP contribution is -2.51. The van der Waals surface area contributed by atoms with E-state index < -0.39 is 0 Å². The van der Waals surface area contributed by atoms with Crippen molar-refractivity contribution < 1.29 is 14.3 Å². The Morgan fingerprint density at radius 2 is 2.15 bits per heavy atom. The van der Waals surface area contributed by atoms with Gasteiger partial charge in [-0.05, 0) is 46.2 Å². The molecule has 8 heteroatoms. The number of ether oxygens (including phenoxy) is 2. The van der Waals surface area contributed by atoms with Crippen LogP contribution in [0.2, 0.25) is 0 Å². The van der Waals surface area contributed by atoms with Crippen molar-refractivity contribution in [3.8, 4) is 0 Å². The number of aromatic nitrogens is 2. The zero-order valence-electron chi connectivity index (χ0n) is 15.7. The molecule has 0 spiro atoms. The Labute approximate surface area is 154 Å². The molecular weight excluding hydrogens is 334 g/mol. The van der Waals surface area contributed by atoms with E-state index in [1.54, 1.807) is 0 Å². The maximum Gasteiger partial charge on any atom is 0.270 e. The lowest BCUT2D eigenvalue weighted by Gasteiger charge is -2.32. The van der Waals surface area contributed by atoms with Gasteiger partial charge in [0, 0.05) is 24.4 Å². The van der Waals surface area contributed by atoms with Crippen molar-refractivity contribution in [3.05, 3.63) is 17.0 Å². The number of rotatable bonds is 6. The highest BCUT2D eigenvalue weighted by molar-refractivity contribution is 5.94. The molecule has 1 aliphatic heterocycles. The van der Waals surface area contributed by atoms with Crippen LogP contribution in [-0.2, 0) is 22.3 Å². The van der Waals surface area contributed by atoms with E-state index in [2.05, 4.69) is 20.2 Å². The maximum atomic E-state index is 12.9. The largest absolute Gasteiger partial charge is 0.379 e. The quantitative estimate of drug-likeness (QED) is 0.754. The first-order valence-corrected chi connectivity index (χ1v) is 9.35. The summed E-state index contributed by atoms with van der Waals surface area (Å²) in [7, 11) is 4.02. The van der Waals surface area contributed by atoms with Crippen LogP contribution in [0.15, 0.2) is 0 Å². The normalized spacial score (nSPS) is 22.9. The van der Waals surface area contributed by atoms with E-state index in [0.717, 1.165) is 49.9 Å². The van der Waals surface area contributed by atoms with Crippen LogP contribution in [0.25, 0.3) is 0 Å². The molecule has 2 atom stereocenters. The Kier molecular flexibility index (Phi) is 6.39. The number of nitrogen functional groups attached to an aromatic ring is 1. The number of carbonyl (C=O) groups is 1. The predicted octanol–water partition coefficient (Wildman–Crippen LogP) is 0.403. The minimum absolute atomic E-state index is 0.0531. The summed E-state index contributed by atoms with van der Waals surface area (Å²) in [4.78, 5) is 23.5. The number of aryl methyl sites for hydroxylation is 1. The third-order valence-corrected chi connectivity index (χ3v) is 4.90. The standard InChI is InChI=1S/C18H29N5O3/c1-23(2)8-10-26-15-7-9-25-11-14(15)20-17(24)16-12-5-3-4-6-13(12)21-18(19)22-16/h14-15H,3-11H2,1-2H3,(H,20,24)(H2,19,21,22)/t14-,15+/m1/s1. The predicted molar refractivity (Wildman–Crippen MR) is 98.1 cm³/mol. The Bertz CT molecular complexity index is 637. The molecule has 0 unspecified atom stereocenters. The number of hydrogen-bond donors (Lipinski definition) is 2. The molecule has 8 nitrogen and oxygen atoms in total. The van der Waals surface area contributed by atoms with Gasteiger partial charge in [0.05, 0.1) is 25.4 Å². The zero-order valence-corrected chi connectivity index (χ0v) is 15.7. The van der Waals surface area contributed by atoms with Crippen molar-refractivity contribution in [1.29, 1.82) is 0 Å². The van der Waals surface area contributed by atoms with Gasteiger partial charge in [0.15, 0.2) is 0 Å². The highest BCUT2D eigenvalue weighted by Gasteiger charge is 2.30. The number of nitrogens with zero attached hydrogens (tertiary/aromatic N) is 3. The van der Waals surface area contributed by atoms with Gasteiger partial charge >= 0.3 is 0 Å². The topological polar surface area (TPSA) is 103 Å². The summed E-state index contributed by atoms with van der Waals surface area (Å²) in [6.45, 7) is 2.56. The van der Waals surface area contributed by atoms with Crippen molar-refractivity contribution in [3.63, 3.8) is 0 Å². The molecule has 2 aliphatic rings. The minimum Gasteiger partial charge on any atom is -0.379 e. The molecule has 1 amide bonds. The minimum atomic E-state index is -0.214. The zero-order chi connectivity index (χ0) is 18.5. The second kappa shape index (κ2) is 8.75. The number of carbonyl (C=O) groups excluding carboxylic acids is 1. The highest BCUT2D eigenvalue weighted by atomic mass is 16.5. The van der Waals surface area contributed by atoms with Crippen molar-refractivity contribution in [2.45, 2.75) is 44.2 Å². The summed E-state index contributed by atoms with van der Waals surface area (Å²) >= 11 is 0. The molecule has 0 radical (unpaired) electrons. The van der Waals surface area contributed by atoms with Crippen LogP contribution in [0.3, 0.4) is 0 Å². The number of nitrogens with two attached hydrogens (primary N) is 1. The van der Waals surface area contributed by atoms with E-state index in [1.165, 1.54) is 0 Å². The van der Waals surface area contributed by atoms with Crippen LogP contribution in [0.5, 0.6) is 0 Å². The van der Waals surface area contributed by atoms with Gasteiger partial charge < -0.3 is 25.4 Å². The molecule has 1 aromatic heterocycles. The second-order valence-corrected chi connectivity index (χ2v) is 7.22. The van der Waals surface area contributed by atoms with Crippen molar-refractivity contribution >= 4 is 11.9 Å². The van der Waals surface area contributed by atoms with Crippen molar-refractivity contribution in [2.75, 3.05) is 46.2 Å². The average Bonchev–Trinajstić information content (AvgIpc) is 2.62. The van der Waals surface area contributed by atoms with Gasteiger partial charge in [0.2, 0.25) is 5.95 Å². The van der Waals surface area contributed by atoms with Gasteiger partial charge in [-0.2, -0.15) is 0 Å². The first-order chi connectivity index (χ1) is 12.5. The lowest BCUT2D eigenvalue weighted by atomic mass is 9.94. The third-order valence-electron chi connectivity index (χ3n) is 4.90. The smallest absolute Gasteiger partial charge is 0.270 e. The fraction of sp³-hybridized carbons (Fsp3) is 0.722. The SMILES string of the molecule is CN(C)CCO[C@H]1CCOC[C@H]1NC(=O)c1nc(N)nc2c1CCCC2. The van der Waals surface area contributed by atoms with Crippen LogP contribution in [-0.4, -0.2) is 73.4 Å². The van der Waals surface area contributed by atoms with Crippen LogP contribution >= 0.6 is 0 Å². The van der Waals surface area contributed by atoms with E-state index in [4.69, 9.17) is 15.2 Å². The second-order valence-electron chi connectivity index (χ2n) is 7.22. The number of hydrogen-bond acceptors (Lipinski definition) is 7. The first-order valence-electron chi connectivity index (χ1n) is 9.35. The average molecular weight is 363 g/mol. The van der Waals surface area contributed by atoms with Crippen LogP contribution in [0, 0.1) is 0 Å². The number of amides is 1. The molecule has 3 N–H and O–H groups in total. The van der Waals surface area contributed by atoms with Crippen LogP contribution < -0.4 is 11.1 Å². The molecule has 1 fully saturated rings. The molecule has 26 heavy (non-hydrogen) atoms. The maximum absolute atomic E-state index is 12.9. The summed E-state index contributed by atoms with van der Waals surface area (Å²) < 4.78 is 11.5. The summed E-state index contributed by atoms with van der Waals surface area (Å²) in [5, 5.41) is 3.05. The van der Waals surface area contributed by atoms with E-state index in [-0.39, 0.29) is 24.0 Å². The summed E-state index contributed by atoms with van der Waals surface area (Å²) in [5.74, 6) is -0.0524. The van der Waals surface area contributed by atoms with E-state index in [0.29, 0.717) is 25.5 Å². The van der Waals surface area contributed by atoms with E-state index in [1.807, 2.05) is 14.1 Å². The number of anilines is 1. The molecule has 0 saturated carbocycles. The van der Waals surface area contributed by atoms with Gasteiger partial charge in [-0.1, -0.05) is 0 Å². The molecule has 1 saturated heterocycles. The van der Waals surface area contributed by atoms with Gasteiger partial charge in [0.25, 0.3) is 5.91 Å². The van der Waals surface area contributed by atoms with Crippen LogP contribution in [0.4, 0.5) is 5.95 Å². The van der Waals surface area contributed by atoms with E-state index in [9.17, 15) is 4.79 Å². The monoisotopic (exact) mass is 363 g/mol. The molecule has 1 aliphatic carbocycles. The Hall–Kier alpha value is -1.77. The van der Waals surface area contributed by atoms with Crippen LogP contribution in [0.1, 0.15) is 41.0 Å². The summed E-state index contributed by atoms with van der Waals surface area (Å²) in [5.41, 5.74) is 8.07. The molecule has 144 valence electrons. The molecular formula is C18H29N5O3. The third kappa shape index (κ3) is 4.69. The molecule has 3 rings (SSSR count). The fourth-order valence-corrected chi connectivity index (χ4v) is 3.48. The first kappa shape index (κ1) is 19.0. The van der Waals surface area contributed by atoms with Gasteiger partial charge in [-0.15, -0.1) is 0 Å². The van der Waals surface area contributed by atoms with E-state index >= 15 is 0 Å². The molecule has 0 aromatic carbocycles. The van der Waals surface area contributed by atoms with Crippen molar-refractivity contribution in [1.82, 2.24) is 20.2 Å². The Balaban J connectivity index is 1.69. The van der Waals surface area contributed by atoms with Crippen molar-refractivity contribution in [2.24, 2.45) is 0 Å². The Morgan fingerprint density at radius 3 is 2.96 bits per heavy atom. The number of fused-ring (bicyclic) bond motifs is 1. The number of likely N-dealkylation sites (N-methyl/N-ethyl adjacent to an activating group) is 1. The highest BCUT2D eigenvalue weighted by Crippen LogP contribution is 2.23. The number of nitrogens with one attached hydrogen (secondary N) is 1. The van der Waals surface area contributed by atoms with Gasteiger partial charge in [-0.3, -0.25) is 4.79 Å². The summed E-state index contributed by atoms with van der Waals surface area (Å²) in [6.07, 6.45) is 4.50. The Morgan fingerprint density at radius 1 is 1.35 bits per heavy atom.